The molecule has 2 aromatic rings. The lowest BCUT2D eigenvalue weighted by atomic mass is 10.1. The third-order valence-corrected chi connectivity index (χ3v) is 3.87. The molecule has 2 rings (SSSR count). The van der Waals surface area contributed by atoms with Crippen LogP contribution in [0.3, 0.4) is 0 Å². The summed E-state index contributed by atoms with van der Waals surface area (Å²) >= 11 is 1.56. The van der Waals surface area contributed by atoms with Crippen molar-refractivity contribution >= 4 is 17.1 Å². The van der Waals surface area contributed by atoms with Crippen molar-refractivity contribution in [1.82, 2.24) is 0 Å². The van der Waals surface area contributed by atoms with Gasteiger partial charge in [0.1, 0.15) is 5.75 Å². The number of carbonyl (C=O) groups is 1. The van der Waals surface area contributed by atoms with E-state index < -0.39 is 0 Å². The van der Waals surface area contributed by atoms with Gasteiger partial charge in [-0.25, -0.2) is 0 Å². The molecule has 18 heavy (non-hydrogen) atoms. The Bertz CT molecular complexity index is 543. The number of carbonyl (C=O) groups excluding carboxylic acids is 1. The standard InChI is InChI=1S/C15H16O2S/c1-3-13-8-9-14(18-13)15(16)11-6-5-7-12(10-11)17-4-2/h5-10H,3-4H2,1-2H3. The van der Waals surface area contributed by atoms with Crippen molar-refractivity contribution in [1.29, 1.82) is 0 Å². The van der Waals surface area contributed by atoms with E-state index in [9.17, 15) is 4.79 Å². The summed E-state index contributed by atoms with van der Waals surface area (Å²) in [6.07, 6.45) is 0.969. The molecule has 0 amide bonds. The number of aryl methyl sites for hydroxylation is 1. The quantitative estimate of drug-likeness (QED) is 0.761. The number of ether oxygens (including phenoxy) is 1. The van der Waals surface area contributed by atoms with Crippen molar-refractivity contribution in [2.24, 2.45) is 0 Å². The average molecular weight is 260 g/mol. The zero-order chi connectivity index (χ0) is 13.0. The minimum absolute atomic E-state index is 0.0706. The van der Waals surface area contributed by atoms with Gasteiger partial charge in [-0.15, -0.1) is 11.3 Å². The average Bonchev–Trinajstić information content (AvgIpc) is 2.87. The molecule has 3 heteroatoms. The van der Waals surface area contributed by atoms with Crippen LogP contribution in [0.4, 0.5) is 0 Å². The van der Waals surface area contributed by atoms with Crippen LogP contribution in [0, 0.1) is 0 Å². The molecular weight excluding hydrogens is 244 g/mol. The Hall–Kier alpha value is -1.61. The summed E-state index contributed by atoms with van der Waals surface area (Å²) in [6, 6.07) is 11.3. The minimum Gasteiger partial charge on any atom is -0.494 e. The summed E-state index contributed by atoms with van der Waals surface area (Å²) in [5, 5.41) is 0. The first-order chi connectivity index (χ1) is 8.74. The molecule has 0 radical (unpaired) electrons. The zero-order valence-electron chi connectivity index (χ0n) is 10.6. The van der Waals surface area contributed by atoms with Crippen LogP contribution in [-0.2, 0) is 6.42 Å². The van der Waals surface area contributed by atoms with Gasteiger partial charge >= 0.3 is 0 Å². The molecule has 0 spiro atoms. The second-order valence-corrected chi connectivity index (χ2v) is 5.08. The molecule has 0 N–H and O–H groups in total. The molecule has 1 heterocycles. The highest BCUT2D eigenvalue weighted by Crippen LogP contribution is 2.22. The Morgan fingerprint density at radius 3 is 2.72 bits per heavy atom. The van der Waals surface area contributed by atoms with Gasteiger partial charge in [-0.05, 0) is 37.6 Å². The smallest absolute Gasteiger partial charge is 0.203 e. The molecule has 0 unspecified atom stereocenters. The van der Waals surface area contributed by atoms with E-state index in [-0.39, 0.29) is 5.78 Å². The molecule has 94 valence electrons. The van der Waals surface area contributed by atoms with E-state index in [0.29, 0.717) is 12.2 Å². The number of rotatable bonds is 5. The molecule has 0 bridgehead atoms. The van der Waals surface area contributed by atoms with Crippen molar-refractivity contribution < 1.29 is 9.53 Å². The van der Waals surface area contributed by atoms with Crippen LogP contribution in [0.5, 0.6) is 5.75 Å². The highest BCUT2D eigenvalue weighted by atomic mass is 32.1. The van der Waals surface area contributed by atoms with Gasteiger partial charge in [-0.1, -0.05) is 19.1 Å². The molecule has 2 nitrogen and oxygen atoms in total. The monoisotopic (exact) mass is 260 g/mol. The first-order valence-corrected chi connectivity index (χ1v) is 6.92. The summed E-state index contributed by atoms with van der Waals surface area (Å²) in [5.41, 5.74) is 0.686. The molecule has 0 aliphatic carbocycles. The van der Waals surface area contributed by atoms with Gasteiger partial charge < -0.3 is 4.74 Å². The minimum atomic E-state index is 0.0706. The van der Waals surface area contributed by atoms with Gasteiger partial charge in [-0.2, -0.15) is 0 Å². The summed E-state index contributed by atoms with van der Waals surface area (Å²) < 4.78 is 5.41. The van der Waals surface area contributed by atoms with Gasteiger partial charge in [0.05, 0.1) is 11.5 Å². The summed E-state index contributed by atoms with van der Waals surface area (Å²) in [5.74, 6) is 0.817. The van der Waals surface area contributed by atoms with Gasteiger partial charge in [-0.3, -0.25) is 4.79 Å². The highest BCUT2D eigenvalue weighted by molar-refractivity contribution is 7.14. The van der Waals surface area contributed by atoms with Gasteiger partial charge in [0.2, 0.25) is 5.78 Å². The predicted molar refractivity (Wildman–Crippen MR) is 74.7 cm³/mol. The molecule has 1 aromatic carbocycles. The van der Waals surface area contributed by atoms with Gasteiger partial charge in [0, 0.05) is 10.4 Å². The Labute approximate surface area is 111 Å². The Balaban J connectivity index is 2.25. The second kappa shape index (κ2) is 5.83. The second-order valence-electron chi connectivity index (χ2n) is 3.91. The normalized spacial score (nSPS) is 10.3. The molecule has 0 fully saturated rings. The van der Waals surface area contributed by atoms with Crippen LogP contribution >= 0.6 is 11.3 Å². The van der Waals surface area contributed by atoms with E-state index in [1.807, 2.05) is 37.3 Å². The van der Waals surface area contributed by atoms with E-state index in [1.165, 1.54) is 4.88 Å². The van der Waals surface area contributed by atoms with Crippen molar-refractivity contribution in [2.75, 3.05) is 6.61 Å². The first-order valence-electron chi connectivity index (χ1n) is 6.10. The SMILES string of the molecule is CCOc1cccc(C(=O)c2ccc(CC)s2)c1. The Morgan fingerprint density at radius 1 is 1.22 bits per heavy atom. The molecule has 0 saturated carbocycles. The summed E-state index contributed by atoms with van der Waals surface area (Å²) in [7, 11) is 0. The number of ketones is 1. The third kappa shape index (κ3) is 2.79. The lowest BCUT2D eigenvalue weighted by Gasteiger charge is -2.04. The zero-order valence-corrected chi connectivity index (χ0v) is 11.4. The Kier molecular flexibility index (Phi) is 4.15. The maximum atomic E-state index is 12.3. The van der Waals surface area contributed by atoms with E-state index >= 15 is 0 Å². The Morgan fingerprint density at radius 2 is 2.06 bits per heavy atom. The van der Waals surface area contributed by atoms with Crippen molar-refractivity contribution in [2.45, 2.75) is 20.3 Å². The molecule has 0 aliphatic rings. The summed E-state index contributed by atoms with van der Waals surface area (Å²) in [4.78, 5) is 14.3. The molecule has 1 aromatic heterocycles. The maximum Gasteiger partial charge on any atom is 0.203 e. The summed E-state index contributed by atoms with van der Waals surface area (Å²) in [6.45, 7) is 4.63. The molecule has 0 aliphatic heterocycles. The maximum absolute atomic E-state index is 12.3. The fourth-order valence-corrected chi connectivity index (χ4v) is 2.64. The lowest BCUT2D eigenvalue weighted by molar-refractivity contribution is 0.104. The molecule has 0 atom stereocenters. The lowest BCUT2D eigenvalue weighted by Crippen LogP contribution is -1.99. The van der Waals surface area contributed by atoms with Crippen LogP contribution in [0.15, 0.2) is 36.4 Å². The number of thiophene rings is 1. The number of benzene rings is 1. The van der Waals surface area contributed by atoms with Crippen LogP contribution in [0.1, 0.15) is 34.0 Å². The fraction of sp³-hybridized carbons (Fsp3) is 0.267. The van der Waals surface area contributed by atoms with E-state index in [1.54, 1.807) is 17.4 Å². The molecule has 0 saturated heterocycles. The first kappa shape index (κ1) is 12.8. The van der Waals surface area contributed by atoms with E-state index in [2.05, 4.69) is 6.92 Å². The van der Waals surface area contributed by atoms with Crippen LogP contribution in [0.25, 0.3) is 0 Å². The number of hydrogen-bond acceptors (Lipinski definition) is 3. The largest absolute Gasteiger partial charge is 0.494 e. The molecular formula is C15H16O2S. The van der Waals surface area contributed by atoms with Crippen LogP contribution < -0.4 is 4.74 Å². The fourth-order valence-electron chi connectivity index (χ4n) is 1.73. The van der Waals surface area contributed by atoms with Gasteiger partial charge in [0.25, 0.3) is 0 Å². The van der Waals surface area contributed by atoms with E-state index in [4.69, 9.17) is 4.74 Å². The highest BCUT2D eigenvalue weighted by Gasteiger charge is 2.12. The predicted octanol–water partition coefficient (Wildman–Crippen LogP) is 3.94. The van der Waals surface area contributed by atoms with E-state index in [0.717, 1.165) is 17.0 Å². The van der Waals surface area contributed by atoms with Crippen LogP contribution in [0.2, 0.25) is 0 Å². The topological polar surface area (TPSA) is 26.3 Å². The van der Waals surface area contributed by atoms with Gasteiger partial charge in [0.15, 0.2) is 0 Å². The van der Waals surface area contributed by atoms with Crippen molar-refractivity contribution in [3.05, 3.63) is 51.7 Å². The van der Waals surface area contributed by atoms with Crippen molar-refractivity contribution in [3.8, 4) is 5.75 Å². The third-order valence-electron chi connectivity index (χ3n) is 2.64. The van der Waals surface area contributed by atoms with Crippen molar-refractivity contribution in [3.63, 3.8) is 0 Å². The number of hydrogen-bond donors (Lipinski definition) is 0. The van der Waals surface area contributed by atoms with Crippen LogP contribution in [-0.4, -0.2) is 12.4 Å².